The summed E-state index contributed by atoms with van der Waals surface area (Å²) < 4.78 is 50.7. The van der Waals surface area contributed by atoms with E-state index in [9.17, 15) is 13.2 Å². The smallest absolute Gasteiger partial charge is 0.408 e. The second-order valence-electron chi connectivity index (χ2n) is 10.1. The molecule has 38 heavy (non-hydrogen) atoms. The summed E-state index contributed by atoms with van der Waals surface area (Å²) in [6.07, 6.45) is 0.237. The van der Waals surface area contributed by atoms with Gasteiger partial charge in [0.05, 0.1) is 6.61 Å². The molecule has 3 fully saturated rings. The Morgan fingerprint density at radius 2 is 1.89 bits per heavy atom. The molecule has 3 aliphatic rings. The monoisotopic (exact) mass is 566 g/mol. The molecule has 1 aliphatic carbocycles. The summed E-state index contributed by atoms with van der Waals surface area (Å²) in [7, 11) is 0. The van der Waals surface area contributed by atoms with Crippen molar-refractivity contribution in [1.29, 1.82) is 0 Å². The molecule has 3 atom stereocenters. The summed E-state index contributed by atoms with van der Waals surface area (Å²) in [5.41, 5.74) is 1.89. The second kappa shape index (κ2) is 10.1. The van der Waals surface area contributed by atoms with Crippen LogP contribution in [0.1, 0.15) is 30.9 Å². The molecule has 0 spiro atoms. The standard InChI is InChI=1S/C26H25F3N6O.2ClH/c27-26(28,29)24(34-13-18-10-19(34)11-30-18)17-7-9-22-32-33-25(35(22)12-17)20-8-6-16-2-1-3-21(23(16)31-20)36-14-15-4-5-15;;/h1-3,6-9,12,15,18-19,24,30H,4-5,10-11,13-14H2;2*1H/t18-,19-,24-;;/m0../s1. The van der Waals surface area contributed by atoms with E-state index in [1.165, 1.54) is 25.1 Å². The summed E-state index contributed by atoms with van der Waals surface area (Å²) in [5.74, 6) is 1.70. The first-order valence-corrected chi connectivity index (χ1v) is 12.4. The zero-order valence-corrected chi connectivity index (χ0v) is 21.9. The van der Waals surface area contributed by atoms with Gasteiger partial charge in [-0.1, -0.05) is 24.3 Å². The first kappa shape index (κ1) is 26.9. The zero-order valence-electron chi connectivity index (χ0n) is 20.3. The van der Waals surface area contributed by atoms with Crippen molar-refractivity contribution in [2.45, 2.75) is 43.6 Å². The van der Waals surface area contributed by atoms with Gasteiger partial charge >= 0.3 is 6.18 Å². The van der Waals surface area contributed by atoms with E-state index in [1.54, 1.807) is 15.4 Å². The number of aromatic nitrogens is 4. The highest BCUT2D eigenvalue weighted by molar-refractivity contribution is 5.86. The summed E-state index contributed by atoms with van der Waals surface area (Å²) in [6.45, 7) is 1.64. The number of likely N-dealkylation sites (tertiary alicyclic amines) is 1. The Morgan fingerprint density at radius 3 is 2.61 bits per heavy atom. The number of pyridine rings is 2. The van der Waals surface area contributed by atoms with Crippen LogP contribution in [0.5, 0.6) is 5.75 Å². The van der Waals surface area contributed by atoms with Gasteiger partial charge in [0, 0.05) is 36.8 Å². The molecule has 202 valence electrons. The van der Waals surface area contributed by atoms with Crippen molar-refractivity contribution in [2.24, 2.45) is 5.92 Å². The maximum absolute atomic E-state index is 14.4. The zero-order chi connectivity index (χ0) is 24.4. The van der Waals surface area contributed by atoms with Gasteiger partial charge in [-0.05, 0) is 48.9 Å². The lowest BCUT2D eigenvalue weighted by Crippen LogP contribution is -2.49. The molecule has 2 aliphatic heterocycles. The normalized spacial score (nSPS) is 21.9. The molecule has 7 rings (SSSR count). The topological polar surface area (TPSA) is 67.6 Å². The second-order valence-corrected chi connectivity index (χ2v) is 10.1. The van der Waals surface area contributed by atoms with Crippen molar-refractivity contribution in [2.75, 3.05) is 19.7 Å². The quantitative estimate of drug-likeness (QED) is 0.345. The van der Waals surface area contributed by atoms with Crippen LogP contribution in [0.4, 0.5) is 13.2 Å². The predicted molar refractivity (Wildman–Crippen MR) is 142 cm³/mol. The third kappa shape index (κ3) is 4.79. The highest BCUT2D eigenvalue weighted by Crippen LogP contribution is 2.43. The van der Waals surface area contributed by atoms with Gasteiger partial charge < -0.3 is 10.1 Å². The fourth-order valence-corrected chi connectivity index (χ4v) is 5.57. The van der Waals surface area contributed by atoms with E-state index in [1.807, 2.05) is 30.3 Å². The van der Waals surface area contributed by atoms with E-state index in [-0.39, 0.29) is 42.5 Å². The number of para-hydroxylation sites is 1. The van der Waals surface area contributed by atoms with Gasteiger partial charge in [-0.3, -0.25) is 9.30 Å². The lowest BCUT2D eigenvalue weighted by molar-refractivity contribution is -0.190. The number of rotatable bonds is 6. The number of hydrogen-bond donors (Lipinski definition) is 1. The molecule has 0 unspecified atom stereocenters. The molecule has 5 heterocycles. The maximum Gasteiger partial charge on any atom is 0.408 e. The molecule has 0 radical (unpaired) electrons. The number of ether oxygens (including phenoxy) is 1. The third-order valence-electron chi connectivity index (χ3n) is 7.57. The summed E-state index contributed by atoms with van der Waals surface area (Å²) >= 11 is 0. The fraction of sp³-hybridized carbons (Fsp3) is 0.423. The van der Waals surface area contributed by atoms with Crippen LogP contribution in [0.25, 0.3) is 28.1 Å². The van der Waals surface area contributed by atoms with E-state index < -0.39 is 12.2 Å². The highest BCUT2D eigenvalue weighted by Gasteiger charge is 2.51. The Morgan fingerprint density at radius 1 is 1.05 bits per heavy atom. The van der Waals surface area contributed by atoms with Gasteiger partial charge in [0.2, 0.25) is 0 Å². The van der Waals surface area contributed by atoms with Crippen LogP contribution in [0, 0.1) is 5.92 Å². The number of benzene rings is 1. The van der Waals surface area contributed by atoms with Gasteiger partial charge in [-0.2, -0.15) is 13.2 Å². The molecule has 4 aromatic rings. The molecule has 2 bridgehead atoms. The largest absolute Gasteiger partial charge is 0.491 e. The Hall–Kier alpha value is -2.66. The van der Waals surface area contributed by atoms with Crippen molar-refractivity contribution in [3.63, 3.8) is 0 Å². The number of fused-ring (bicyclic) bond motifs is 4. The number of nitrogens with zero attached hydrogens (tertiary/aromatic N) is 5. The van der Waals surface area contributed by atoms with E-state index >= 15 is 0 Å². The minimum absolute atomic E-state index is 0. The summed E-state index contributed by atoms with van der Waals surface area (Å²) in [5, 5.41) is 12.7. The van der Waals surface area contributed by atoms with E-state index in [0.717, 1.165) is 11.8 Å². The van der Waals surface area contributed by atoms with Crippen LogP contribution in [0.2, 0.25) is 0 Å². The summed E-state index contributed by atoms with van der Waals surface area (Å²) in [4.78, 5) is 6.40. The van der Waals surface area contributed by atoms with Crippen LogP contribution in [-0.4, -0.2) is 62.4 Å². The van der Waals surface area contributed by atoms with Gasteiger partial charge in [0.25, 0.3) is 0 Å². The van der Waals surface area contributed by atoms with Crippen molar-refractivity contribution < 1.29 is 17.9 Å². The summed E-state index contributed by atoms with van der Waals surface area (Å²) in [6, 6.07) is 11.0. The van der Waals surface area contributed by atoms with Gasteiger partial charge in [0.15, 0.2) is 11.5 Å². The molecule has 1 aromatic carbocycles. The minimum Gasteiger partial charge on any atom is -0.491 e. The Balaban J connectivity index is 0.00000147. The van der Waals surface area contributed by atoms with E-state index in [4.69, 9.17) is 9.72 Å². The number of halogens is 5. The van der Waals surface area contributed by atoms with E-state index in [2.05, 4.69) is 15.5 Å². The first-order valence-electron chi connectivity index (χ1n) is 12.4. The SMILES string of the molecule is Cl.Cl.FC(F)(F)[C@H](c1ccc2nnc(-c3ccc4cccc(OCC5CC5)c4n3)n2c1)N1C[C@@H]2C[C@H]1CN2. The predicted octanol–water partition coefficient (Wildman–Crippen LogP) is 5.23. The minimum atomic E-state index is -4.40. The lowest BCUT2D eigenvalue weighted by atomic mass is 10.1. The maximum atomic E-state index is 14.4. The number of hydrogen-bond acceptors (Lipinski definition) is 6. The molecule has 12 heteroatoms. The third-order valence-corrected chi connectivity index (χ3v) is 7.57. The molecule has 2 saturated heterocycles. The molecule has 0 amide bonds. The number of nitrogens with one attached hydrogen (secondary N) is 1. The fourth-order valence-electron chi connectivity index (χ4n) is 5.57. The lowest BCUT2D eigenvalue weighted by Gasteiger charge is -2.36. The van der Waals surface area contributed by atoms with Crippen molar-refractivity contribution in [3.8, 4) is 17.3 Å². The van der Waals surface area contributed by atoms with Crippen LogP contribution in [0.3, 0.4) is 0 Å². The van der Waals surface area contributed by atoms with Crippen LogP contribution in [-0.2, 0) is 0 Å². The van der Waals surface area contributed by atoms with Gasteiger partial charge in [-0.15, -0.1) is 35.0 Å². The first-order chi connectivity index (χ1) is 17.4. The Bertz CT molecular complexity index is 1460. The van der Waals surface area contributed by atoms with Crippen molar-refractivity contribution in [3.05, 3.63) is 54.2 Å². The number of piperazine rings is 1. The number of alkyl halides is 3. The molecule has 1 N–H and O–H groups in total. The average molecular weight is 567 g/mol. The highest BCUT2D eigenvalue weighted by atomic mass is 35.5. The molecule has 7 nitrogen and oxygen atoms in total. The molecular weight excluding hydrogens is 540 g/mol. The van der Waals surface area contributed by atoms with Crippen LogP contribution in [0.15, 0.2) is 48.7 Å². The van der Waals surface area contributed by atoms with E-state index in [0.29, 0.717) is 54.0 Å². The molecular formula is C26H27Cl2F3N6O. The van der Waals surface area contributed by atoms with Gasteiger partial charge in [-0.25, -0.2) is 4.98 Å². The molecule has 3 aromatic heterocycles. The average Bonchev–Trinajstić information content (AvgIpc) is 3.23. The van der Waals surface area contributed by atoms with Crippen molar-refractivity contribution >= 4 is 41.4 Å². The van der Waals surface area contributed by atoms with Crippen LogP contribution >= 0.6 is 24.8 Å². The Labute approximate surface area is 229 Å². The van der Waals surface area contributed by atoms with Crippen LogP contribution < -0.4 is 10.1 Å². The Kier molecular flexibility index (Phi) is 7.19. The molecule has 1 saturated carbocycles. The van der Waals surface area contributed by atoms with Crippen molar-refractivity contribution in [1.82, 2.24) is 29.8 Å². The van der Waals surface area contributed by atoms with Gasteiger partial charge in [0.1, 0.15) is 23.0 Å².